The van der Waals surface area contributed by atoms with Gasteiger partial charge in [0.25, 0.3) is 0 Å². The first-order valence-corrected chi connectivity index (χ1v) is 6.48. The van der Waals surface area contributed by atoms with Crippen LogP contribution in [0.15, 0.2) is 66.9 Å². The molecule has 2 aromatic rings. The van der Waals surface area contributed by atoms with Gasteiger partial charge in [-0.1, -0.05) is 48.6 Å². The van der Waals surface area contributed by atoms with E-state index < -0.39 is 0 Å². The highest BCUT2D eigenvalue weighted by molar-refractivity contribution is 5.77. The molecule has 2 N–H and O–H groups in total. The molecule has 92 valence electrons. The van der Waals surface area contributed by atoms with Crippen LogP contribution in [-0.4, -0.2) is 0 Å². The first kappa shape index (κ1) is 10.4. The molecule has 0 fully saturated rings. The second kappa shape index (κ2) is 3.75. The smallest absolute Gasteiger partial charge is 0.104 e. The molecule has 19 heavy (non-hydrogen) atoms. The predicted octanol–water partition coefficient (Wildman–Crippen LogP) is 3.96. The Morgan fingerprint density at radius 2 is 1.58 bits per heavy atom. The third-order valence-corrected chi connectivity index (χ3v) is 3.79. The topological polar surface area (TPSA) is 24.1 Å². The van der Waals surface area contributed by atoms with Crippen molar-refractivity contribution in [2.75, 3.05) is 10.6 Å². The van der Waals surface area contributed by atoms with E-state index in [0.717, 1.165) is 5.69 Å². The Hall–Kier alpha value is -2.48. The van der Waals surface area contributed by atoms with Gasteiger partial charge in [-0.3, -0.25) is 0 Å². The van der Waals surface area contributed by atoms with Gasteiger partial charge in [-0.15, -0.1) is 0 Å². The Kier molecular flexibility index (Phi) is 2.06. The minimum Gasteiger partial charge on any atom is -0.368 e. The fourth-order valence-corrected chi connectivity index (χ4v) is 2.82. The summed E-state index contributed by atoms with van der Waals surface area (Å²) in [5, 5.41) is 6.96. The number of hydrogen-bond acceptors (Lipinski definition) is 2. The minimum absolute atomic E-state index is 0.240. The van der Waals surface area contributed by atoms with E-state index in [4.69, 9.17) is 0 Å². The molecule has 2 heterocycles. The first-order valence-electron chi connectivity index (χ1n) is 6.48. The van der Waals surface area contributed by atoms with Crippen molar-refractivity contribution < 1.29 is 0 Å². The molecule has 0 aliphatic carbocycles. The molecular formula is C17H14N2. The van der Waals surface area contributed by atoms with Crippen molar-refractivity contribution in [3.63, 3.8) is 0 Å². The number of benzene rings is 2. The summed E-state index contributed by atoms with van der Waals surface area (Å²) < 4.78 is 0. The minimum atomic E-state index is -0.240. The van der Waals surface area contributed by atoms with Crippen molar-refractivity contribution in [2.24, 2.45) is 0 Å². The Morgan fingerprint density at radius 1 is 0.789 bits per heavy atom. The van der Waals surface area contributed by atoms with Gasteiger partial charge < -0.3 is 10.6 Å². The summed E-state index contributed by atoms with van der Waals surface area (Å²) in [6.45, 7) is 0. The second-order valence-electron chi connectivity index (χ2n) is 4.94. The van der Waals surface area contributed by atoms with Crippen molar-refractivity contribution in [3.05, 3.63) is 78.0 Å². The molecule has 0 amide bonds. The normalized spacial score (nSPS) is 22.3. The molecule has 1 spiro atoms. The zero-order valence-electron chi connectivity index (χ0n) is 10.4. The molecule has 0 bridgehead atoms. The maximum atomic E-state index is 3.65. The van der Waals surface area contributed by atoms with Gasteiger partial charge in [-0.25, -0.2) is 0 Å². The Bertz CT molecular complexity index is 700. The van der Waals surface area contributed by atoms with Crippen molar-refractivity contribution in [3.8, 4) is 0 Å². The van der Waals surface area contributed by atoms with E-state index in [2.05, 4.69) is 77.4 Å². The zero-order valence-corrected chi connectivity index (χ0v) is 10.4. The lowest BCUT2D eigenvalue weighted by atomic mass is 9.83. The Balaban J connectivity index is 1.89. The maximum absolute atomic E-state index is 3.65. The van der Waals surface area contributed by atoms with E-state index in [1.54, 1.807) is 0 Å². The quantitative estimate of drug-likeness (QED) is 0.735. The summed E-state index contributed by atoms with van der Waals surface area (Å²) in [5.74, 6) is 0. The van der Waals surface area contributed by atoms with Crippen LogP contribution < -0.4 is 10.6 Å². The van der Waals surface area contributed by atoms with Gasteiger partial charge in [0.2, 0.25) is 0 Å². The molecule has 4 rings (SSSR count). The Labute approximate surface area is 112 Å². The predicted molar refractivity (Wildman–Crippen MR) is 80.0 cm³/mol. The summed E-state index contributed by atoms with van der Waals surface area (Å²) in [6, 6.07) is 16.8. The number of nitrogens with one attached hydrogen (secondary N) is 2. The molecule has 0 saturated carbocycles. The molecule has 2 aliphatic heterocycles. The molecule has 1 unspecified atom stereocenters. The third kappa shape index (κ3) is 1.50. The van der Waals surface area contributed by atoms with E-state index in [-0.39, 0.29) is 5.54 Å². The van der Waals surface area contributed by atoms with Crippen LogP contribution in [-0.2, 0) is 5.54 Å². The molecule has 2 nitrogen and oxygen atoms in total. The summed E-state index contributed by atoms with van der Waals surface area (Å²) >= 11 is 0. The van der Waals surface area contributed by atoms with E-state index in [1.807, 2.05) is 6.20 Å². The largest absolute Gasteiger partial charge is 0.368 e. The van der Waals surface area contributed by atoms with Crippen LogP contribution >= 0.6 is 0 Å². The molecule has 0 saturated heterocycles. The van der Waals surface area contributed by atoms with Gasteiger partial charge >= 0.3 is 0 Å². The molecule has 1 atom stereocenters. The lowest BCUT2D eigenvalue weighted by molar-refractivity contribution is 0.768. The van der Waals surface area contributed by atoms with Gasteiger partial charge in [-0.05, 0) is 23.8 Å². The number of fused-ring (bicyclic) bond motifs is 3. The molecule has 2 aromatic carbocycles. The van der Waals surface area contributed by atoms with E-state index in [0.29, 0.717) is 0 Å². The highest BCUT2D eigenvalue weighted by atomic mass is 15.0. The Morgan fingerprint density at radius 3 is 2.53 bits per heavy atom. The van der Waals surface area contributed by atoms with Gasteiger partial charge in [0.1, 0.15) is 5.54 Å². The summed E-state index contributed by atoms with van der Waals surface area (Å²) in [5.41, 5.74) is 4.57. The monoisotopic (exact) mass is 246 g/mol. The molecule has 2 aliphatic rings. The van der Waals surface area contributed by atoms with Gasteiger partial charge in [0, 0.05) is 23.1 Å². The number of hydrogen-bond donors (Lipinski definition) is 2. The van der Waals surface area contributed by atoms with Crippen LogP contribution in [0.2, 0.25) is 0 Å². The van der Waals surface area contributed by atoms with Crippen molar-refractivity contribution in [2.45, 2.75) is 5.54 Å². The summed E-state index contributed by atoms with van der Waals surface area (Å²) in [4.78, 5) is 0. The first-order chi connectivity index (χ1) is 9.37. The average molecular weight is 246 g/mol. The van der Waals surface area contributed by atoms with Gasteiger partial charge in [-0.2, -0.15) is 0 Å². The lowest BCUT2D eigenvalue weighted by Gasteiger charge is -2.37. The fraction of sp³-hybridized carbons (Fsp3) is 0.0588. The maximum Gasteiger partial charge on any atom is 0.104 e. The molecule has 2 heteroatoms. The van der Waals surface area contributed by atoms with Crippen LogP contribution in [0.3, 0.4) is 0 Å². The van der Waals surface area contributed by atoms with E-state index >= 15 is 0 Å². The summed E-state index contributed by atoms with van der Waals surface area (Å²) in [6.07, 6.45) is 8.60. The van der Waals surface area contributed by atoms with E-state index in [9.17, 15) is 0 Å². The lowest BCUT2D eigenvalue weighted by Crippen LogP contribution is -2.35. The average Bonchev–Trinajstić information content (AvgIpc) is 2.48. The van der Waals surface area contributed by atoms with Crippen LogP contribution in [0.25, 0.3) is 6.08 Å². The van der Waals surface area contributed by atoms with Crippen LogP contribution in [0.5, 0.6) is 0 Å². The van der Waals surface area contributed by atoms with E-state index in [1.165, 1.54) is 16.8 Å². The van der Waals surface area contributed by atoms with Gasteiger partial charge in [0.15, 0.2) is 0 Å². The van der Waals surface area contributed by atoms with Crippen LogP contribution in [0, 0.1) is 0 Å². The van der Waals surface area contributed by atoms with Crippen LogP contribution in [0.1, 0.15) is 11.1 Å². The van der Waals surface area contributed by atoms with Crippen molar-refractivity contribution in [1.82, 2.24) is 0 Å². The van der Waals surface area contributed by atoms with Crippen molar-refractivity contribution in [1.29, 1.82) is 0 Å². The summed E-state index contributed by atoms with van der Waals surface area (Å²) in [7, 11) is 0. The molecule has 0 aromatic heterocycles. The molecular weight excluding hydrogens is 232 g/mol. The fourth-order valence-electron chi connectivity index (χ4n) is 2.82. The van der Waals surface area contributed by atoms with Gasteiger partial charge in [0.05, 0.1) is 0 Å². The number of anilines is 2. The standard InChI is InChI=1S/C17H14N2/c1-3-7-15-13(5-1)9-10-17(19-15)11-12-18-16-8-4-2-6-14(16)17/h1-12,18-19H. The second-order valence-corrected chi connectivity index (χ2v) is 4.94. The molecule has 0 radical (unpaired) electrons. The van der Waals surface area contributed by atoms with Crippen molar-refractivity contribution >= 4 is 17.5 Å². The highest BCUT2D eigenvalue weighted by Gasteiger charge is 2.33. The zero-order chi connectivity index (χ0) is 12.7. The number of para-hydroxylation sites is 2. The SMILES string of the molecule is C1=CC2(C=Cc3ccccc3N2)c2ccccc2N1. The number of rotatable bonds is 0. The third-order valence-electron chi connectivity index (χ3n) is 3.79. The highest BCUT2D eigenvalue weighted by Crippen LogP contribution is 2.41. The van der Waals surface area contributed by atoms with Crippen LogP contribution in [0.4, 0.5) is 11.4 Å².